The van der Waals surface area contributed by atoms with Crippen molar-refractivity contribution in [3.05, 3.63) is 59.2 Å². The highest BCUT2D eigenvalue weighted by Crippen LogP contribution is 2.16. The van der Waals surface area contributed by atoms with Crippen molar-refractivity contribution in [3.8, 4) is 0 Å². The van der Waals surface area contributed by atoms with Crippen molar-refractivity contribution in [1.82, 2.24) is 0 Å². The Morgan fingerprint density at radius 1 is 0.941 bits per heavy atom. The van der Waals surface area contributed by atoms with Crippen LogP contribution in [0.4, 0.5) is 11.4 Å². The van der Waals surface area contributed by atoms with Crippen LogP contribution in [0.1, 0.15) is 16.7 Å². The van der Waals surface area contributed by atoms with Crippen LogP contribution in [-0.2, 0) is 6.54 Å². The van der Waals surface area contributed by atoms with Crippen molar-refractivity contribution in [3.63, 3.8) is 0 Å². The van der Waals surface area contributed by atoms with Crippen molar-refractivity contribution in [2.24, 2.45) is 0 Å². The van der Waals surface area contributed by atoms with Gasteiger partial charge in [0, 0.05) is 17.9 Å². The SMILES string of the molecule is Cc1ccc(NCc2cc(C)ccc2[15NH2])cc1. The van der Waals surface area contributed by atoms with Gasteiger partial charge in [-0.1, -0.05) is 35.4 Å². The summed E-state index contributed by atoms with van der Waals surface area (Å²) in [5.74, 6) is 0. The number of nitrogens with two attached hydrogens (primary N) is 1. The maximum absolute atomic E-state index is 5.94. The van der Waals surface area contributed by atoms with Crippen LogP contribution in [0.15, 0.2) is 42.5 Å². The second-order valence-electron chi connectivity index (χ2n) is 4.42. The number of nitrogen functional groups attached to an aromatic ring is 1. The topological polar surface area (TPSA) is 38.0 Å². The molecule has 0 saturated carbocycles. The van der Waals surface area contributed by atoms with Crippen LogP contribution in [0.2, 0.25) is 0 Å². The molecule has 3 N–H and O–H groups in total. The average molecular weight is 227 g/mol. The molecule has 2 nitrogen and oxygen atoms in total. The van der Waals surface area contributed by atoms with E-state index < -0.39 is 0 Å². The van der Waals surface area contributed by atoms with E-state index in [2.05, 4.69) is 49.5 Å². The molecule has 2 heteroatoms. The van der Waals surface area contributed by atoms with Gasteiger partial charge in [0.1, 0.15) is 0 Å². The van der Waals surface area contributed by atoms with Crippen LogP contribution < -0.4 is 11.1 Å². The molecule has 0 aromatic heterocycles. The van der Waals surface area contributed by atoms with Gasteiger partial charge < -0.3 is 11.1 Å². The van der Waals surface area contributed by atoms with Crippen LogP contribution in [0.3, 0.4) is 0 Å². The largest absolute Gasteiger partial charge is 0.398 e. The zero-order valence-corrected chi connectivity index (χ0v) is 10.3. The second-order valence-corrected chi connectivity index (χ2v) is 4.42. The first-order valence-corrected chi connectivity index (χ1v) is 5.81. The summed E-state index contributed by atoms with van der Waals surface area (Å²) in [6.45, 7) is 4.92. The van der Waals surface area contributed by atoms with E-state index in [0.717, 1.165) is 23.5 Å². The minimum absolute atomic E-state index is 0.760. The summed E-state index contributed by atoms with van der Waals surface area (Å²) >= 11 is 0. The summed E-state index contributed by atoms with van der Waals surface area (Å²) in [7, 11) is 0. The van der Waals surface area contributed by atoms with Crippen LogP contribution >= 0.6 is 0 Å². The van der Waals surface area contributed by atoms with Crippen LogP contribution in [0, 0.1) is 13.8 Å². The van der Waals surface area contributed by atoms with Gasteiger partial charge >= 0.3 is 0 Å². The second kappa shape index (κ2) is 4.91. The lowest BCUT2D eigenvalue weighted by atomic mass is 10.1. The van der Waals surface area contributed by atoms with E-state index in [1.54, 1.807) is 0 Å². The van der Waals surface area contributed by atoms with Crippen molar-refractivity contribution in [1.29, 1.82) is 0 Å². The first-order chi connectivity index (χ1) is 8.15. The number of anilines is 2. The third-order valence-corrected chi connectivity index (χ3v) is 2.83. The highest BCUT2D eigenvalue weighted by atomic mass is 15.3. The van der Waals surface area contributed by atoms with E-state index in [1.165, 1.54) is 11.1 Å². The first kappa shape index (κ1) is 11.5. The zero-order valence-electron chi connectivity index (χ0n) is 10.3. The van der Waals surface area contributed by atoms with Gasteiger partial charge in [0.25, 0.3) is 0 Å². The molecule has 17 heavy (non-hydrogen) atoms. The minimum atomic E-state index is 0.760. The molecule has 0 aliphatic heterocycles. The lowest BCUT2D eigenvalue weighted by Gasteiger charge is -2.10. The van der Waals surface area contributed by atoms with E-state index in [0.29, 0.717) is 0 Å². The summed E-state index contributed by atoms with van der Waals surface area (Å²) in [6.07, 6.45) is 0. The molecule has 88 valence electrons. The van der Waals surface area contributed by atoms with Crippen molar-refractivity contribution < 1.29 is 0 Å². The fraction of sp³-hybridized carbons (Fsp3) is 0.200. The predicted molar refractivity (Wildman–Crippen MR) is 74.1 cm³/mol. The quantitative estimate of drug-likeness (QED) is 0.622. The smallest absolute Gasteiger partial charge is 0.0421 e. The molecule has 2 aromatic rings. The fourth-order valence-corrected chi connectivity index (χ4v) is 1.76. The third-order valence-electron chi connectivity index (χ3n) is 2.83. The molecule has 0 unspecified atom stereocenters. The van der Waals surface area contributed by atoms with Crippen molar-refractivity contribution in [2.45, 2.75) is 20.4 Å². The van der Waals surface area contributed by atoms with Gasteiger partial charge in [-0.2, -0.15) is 0 Å². The van der Waals surface area contributed by atoms with Crippen molar-refractivity contribution >= 4 is 11.4 Å². The maximum Gasteiger partial charge on any atom is 0.0421 e. The number of hydrogen-bond donors (Lipinski definition) is 2. The number of nitrogens with one attached hydrogen (secondary N) is 1. The Morgan fingerprint density at radius 3 is 2.29 bits per heavy atom. The normalized spacial score (nSPS) is 10.2. The van der Waals surface area contributed by atoms with E-state index in [4.69, 9.17) is 5.73 Å². The van der Waals surface area contributed by atoms with Gasteiger partial charge in [0.2, 0.25) is 0 Å². The molecule has 2 aromatic carbocycles. The standard InChI is InChI=1S/C15H18N2/c1-11-3-6-14(7-4-11)17-10-13-9-12(2)5-8-15(13)16/h3-9,17H,10,16H2,1-2H3/i16+1. The lowest BCUT2D eigenvalue weighted by molar-refractivity contribution is 1.14. The summed E-state index contributed by atoms with van der Waals surface area (Å²) in [4.78, 5) is 0. The van der Waals surface area contributed by atoms with Gasteiger partial charge in [-0.05, 0) is 37.6 Å². The Morgan fingerprint density at radius 2 is 1.59 bits per heavy atom. The van der Waals surface area contributed by atoms with Gasteiger partial charge in [-0.15, -0.1) is 0 Å². The van der Waals surface area contributed by atoms with Gasteiger partial charge in [0.15, 0.2) is 0 Å². The van der Waals surface area contributed by atoms with E-state index in [-0.39, 0.29) is 0 Å². The van der Waals surface area contributed by atoms with Gasteiger partial charge in [-0.25, -0.2) is 0 Å². The van der Waals surface area contributed by atoms with E-state index in [9.17, 15) is 0 Å². The highest BCUT2D eigenvalue weighted by molar-refractivity contribution is 5.51. The first-order valence-electron chi connectivity index (χ1n) is 5.81. The summed E-state index contributed by atoms with van der Waals surface area (Å²) in [5, 5.41) is 3.38. The Labute approximate surface area is 102 Å². The lowest BCUT2D eigenvalue weighted by Crippen LogP contribution is -2.03. The zero-order chi connectivity index (χ0) is 12.3. The Balaban J connectivity index is 2.07. The highest BCUT2D eigenvalue weighted by Gasteiger charge is 1.99. The molecule has 0 heterocycles. The maximum atomic E-state index is 5.94. The van der Waals surface area contributed by atoms with Crippen LogP contribution in [-0.4, -0.2) is 0 Å². The monoisotopic (exact) mass is 227 g/mol. The molecule has 0 amide bonds. The number of benzene rings is 2. The average Bonchev–Trinajstić information content (AvgIpc) is 2.32. The van der Waals surface area contributed by atoms with E-state index >= 15 is 0 Å². The Bertz CT molecular complexity index is 501. The molecule has 0 aliphatic carbocycles. The fourth-order valence-electron chi connectivity index (χ4n) is 1.76. The molecule has 2 rings (SSSR count). The molecule has 0 atom stereocenters. The molecule has 0 bridgehead atoms. The minimum Gasteiger partial charge on any atom is -0.398 e. The van der Waals surface area contributed by atoms with Crippen LogP contribution in [0.25, 0.3) is 0 Å². The molecule has 0 aliphatic rings. The third kappa shape index (κ3) is 3.00. The van der Waals surface area contributed by atoms with E-state index in [1.807, 2.05) is 12.1 Å². The summed E-state index contributed by atoms with van der Waals surface area (Å²) < 4.78 is 0. The van der Waals surface area contributed by atoms with Crippen molar-refractivity contribution in [2.75, 3.05) is 11.1 Å². The molecule has 0 fully saturated rings. The Kier molecular flexibility index (Phi) is 3.33. The summed E-state index contributed by atoms with van der Waals surface area (Å²) in [6, 6.07) is 14.5. The summed E-state index contributed by atoms with van der Waals surface area (Å²) in [5.41, 5.74) is 11.6. The molecular formula is C15H18N2. The van der Waals surface area contributed by atoms with Gasteiger partial charge in [-0.3, -0.25) is 0 Å². The van der Waals surface area contributed by atoms with Gasteiger partial charge in [0.05, 0.1) is 0 Å². The molecule has 0 spiro atoms. The number of hydrogen-bond acceptors (Lipinski definition) is 2. The predicted octanol–water partition coefficient (Wildman–Crippen LogP) is 3.50. The number of rotatable bonds is 3. The molecular weight excluding hydrogens is 209 g/mol. The molecule has 0 radical (unpaired) electrons. The Hall–Kier alpha value is -1.96. The number of aryl methyl sites for hydroxylation is 2. The molecule has 0 saturated heterocycles. The van der Waals surface area contributed by atoms with Crippen LogP contribution in [0.5, 0.6) is 0 Å².